The maximum Gasteiger partial charge on any atom is 0.274 e. The van der Waals surface area contributed by atoms with Gasteiger partial charge in [0, 0.05) is 18.2 Å². The maximum atomic E-state index is 12.6. The highest BCUT2D eigenvalue weighted by atomic mass is 32.2. The fraction of sp³-hybridized carbons (Fsp3) is 0.278. The quantitative estimate of drug-likeness (QED) is 0.625. The van der Waals surface area contributed by atoms with Crippen LogP contribution in [0.4, 0.5) is 17.1 Å². The number of fused-ring (bicyclic) bond motifs is 1. The molecule has 1 N–H and O–H groups in total. The zero-order valence-electron chi connectivity index (χ0n) is 14.9. The van der Waals surface area contributed by atoms with Crippen molar-refractivity contribution >= 4 is 33.0 Å². The molecule has 0 saturated heterocycles. The first-order valence-electron chi connectivity index (χ1n) is 8.43. The second-order valence-corrected chi connectivity index (χ2v) is 8.41. The Morgan fingerprint density at radius 3 is 2.70 bits per heavy atom. The van der Waals surface area contributed by atoms with E-state index in [9.17, 15) is 23.3 Å². The van der Waals surface area contributed by atoms with E-state index in [-0.39, 0.29) is 11.4 Å². The molecule has 0 bridgehead atoms. The number of carbonyl (C=O) groups is 1. The van der Waals surface area contributed by atoms with Gasteiger partial charge in [-0.3, -0.25) is 19.2 Å². The topological polar surface area (TPSA) is 110 Å². The van der Waals surface area contributed by atoms with Gasteiger partial charge in [-0.1, -0.05) is 6.07 Å². The van der Waals surface area contributed by atoms with E-state index in [1.807, 2.05) is 0 Å². The summed E-state index contributed by atoms with van der Waals surface area (Å²) < 4.78 is 25.7. The van der Waals surface area contributed by atoms with Crippen LogP contribution in [0, 0.1) is 17.0 Å². The molecule has 0 saturated carbocycles. The van der Waals surface area contributed by atoms with Crippen LogP contribution < -0.4 is 9.62 Å². The minimum absolute atomic E-state index is 0.0146. The average Bonchev–Trinajstić information content (AvgIpc) is 3.07. The van der Waals surface area contributed by atoms with Crippen molar-refractivity contribution in [1.82, 2.24) is 0 Å². The fourth-order valence-corrected chi connectivity index (χ4v) is 4.27. The normalized spacial score (nSPS) is 13.3. The van der Waals surface area contributed by atoms with Crippen LogP contribution in [0.2, 0.25) is 0 Å². The predicted octanol–water partition coefficient (Wildman–Crippen LogP) is 2.87. The number of rotatable bonds is 5. The third-order valence-corrected chi connectivity index (χ3v) is 6.43. The number of anilines is 2. The molecule has 0 aliphatic carbocycles. The summed E-state index contributed by atoms with van der Waals surface area (Å²) in [6.07, 6.45) is 0.533. The Labute approximate surface area is 157 Å². The standard InChI is InChI=1S/C18H19N3O5S/c1-3-27(25,26)20-10-9-13-11-14(7-8-17(13)20)18(22)19-15-5-4-6-16(12(15)2)21(23)24/h4-8,11H,3,9-10H2,1-2H3,(H,19,22). The van der Waals surface area contributed by atoms with E-state index in [1.165, 1.54) is 16.4 Å². The van der Waals surface area contributed by atoms with Gasteiger partial charge in [0.1, 0.15) is 0 Å². The molecule has 0 atom stereocenters. The number of nitrogens with one attached hydrogen (secondary N) is 1. The predicted molar refractivity (Wildman–Crippen MR) is 103 cm³/mol. The van der Waals surface area contributed by atoms with E-state index in [1.54, 1.807) is 38.1 Å². The summed E-state index contributed by atoms with van der Waals surface area (Å²) in [7, 11) is -3.34. The van der Waals surface area contributed by atoms with Crippen molar-refractivity contribution in [2.75, 3.05) is 21.9 Å². The second kappa shape index (κ2) is 6.99. The molecular formula is C18H19N3O5S. The van der Waals surface area contributed by atoms with Gasteiger partial charge in [-0.15, -0.1) is 0 Å². The summed E-state index contributed by atoms with van der Waals surface area (Å²) in [4.78, 5) is 23.1. The Balaban J connectivity index is 1.86. The Bertz CT molecular complexity index is 1030. The Kier molecular flexibility index (Phi) is 4.88. The number of hydrogen-bond acceptors (Lipinski definition) is 5. The molecule has 0 unspecified atom stereocenters. The zero-order chi connectivity index (χ0) is 19.8. The number of nitro benzene ring substituents is 1. The molecule has 1 aliphatic heterocycles. The molecule has 0 aromatic heterocycles. The summed E-state index contributed by atoms with van der Waals surface area (Å²) in [5, 5.41) is 13.7. The van der Waals surface area contributed by atoms with Crippen LogP contribution in [-0.2, 0) is 16.4 Å². The van der Waals surface area contributed by atoms with E-state index in [0.717, 1.165) is 5.56 Å². The molecule has 1 aliphatic rings. The van der Waals surface area contributed by atoms with Gasteiger partial charge in [-0.05, 0) is 50.1 Å². The van der Waals surface area contributed by atoms with Crippen LogP contribution in [0.3, 0.4) is 0 Å². The molecule has 9 heteroatoms. The lowest BCUT2D eigenvalue weighted by atomic mass is 10.1. The number of sulfonamides is 1. The zero-order valence-corrected chi connectivity index (χ0v) is 15.7. The Morgan fingerprint density at radius 1 is 1.30 bits per heavy atom. The van der Waals surface area contributed by atoms with Crippen molar-refractivity contribution in [2.45, 2.75) is 20.3 Å². The number of amides is 1. The highest BCUT2D eigenvalue weighted by Crippen LogP contribution is 2.32. The van der Waals surface area contributed by atoms with Gasteiger partial charge >= 0.3 is 0 Å². The molecule has 0 fully saturated rings. The Hall–Kier alpha value is -2.94. The largest absolute Gasteiger partial charge is 0.321 e. The molecule has 2 aromatic carbocycles. The highest BCUT2D eigenvalue weighted by Gasteiger charge is 2.28. The van der Waals surface area contributed by atoms with Gasteiger partial charge in [0.25, 0.3) is 11.6 Å². The van der Waals surface area contributed by atoms with Crippen molar-refractivity contribution in [3.8, 4) is 0 Å². The molecule has 0 spiro atoms. The lowest BCUT2D eigenvalue weighted by Crippen LogP contribution is -2.30. The minimum atomic E-state index is -3.34. The van der Waals surface area contributed by atoms with E-state index in [0.29, 0.717) is 35.5 Å². The first-order chi connectivity index (χ1) is 12.7. The van der Waals surface area contributed by atoms with Gasteiger partial charge in [0.2, 0.25) is 10.0 Å². The molecule has 2 aromatic rings. The first-order valence-corrected chi connectivity index (χ1v) is 10.0. The van der Waals surface area contributed by atoms with Crippen LogP contribution in [0.1, 0.15) is 28.4 Å². The average molecular weight is 389 g/mol. The summed E-state index contributed by atoms with van der Waals surface area (Å²) in [5.74, 6) is -0.390. The van der Waals surface area contributed by atoms with Gasteiger partial charge in [-0.2, -0.15) is 0 Å². The molecule has 1 amide bonds. The second-order valence-electron chi connectivity index (χ2n) is 6.23. The minimum Gasteiger partial charge on any atom is -0.321 e. The summed E-state index contributed by atoms with van der Waals surface area (Å²) in [5.41, 5.74) is 2.43. The summed E-state index contributed by atoms with van der Waals surface area (Å²) in [6, 6.07) is 9.35. The molecule has 27 heavy (non-hydrogen) atoms. The van der Waals surface area contributed by atoms with E-state index in [2.05, 4.69) is 5.32 Å². The number of benzene rings is 2. The lowest BCUT2D eigenvalue weighted by molar-refractivity contribution is -0.385. The van der Waals surface area contributed by atoms with Crippen LogP contribution in [-0.4, -0.2) is 31.5 Å². The molecule has 142 valence electrons. The van der Waals surface area contributed by atoms with Crippen LogP contribution in [0.25, 0.3) is 0 Å². The van der Waals surface area contributed by atoms with Crippen LogP contribution in [0.15, 0.2) is 36.4 Å². The third kappa shape index (κ3) is 3.50. The van der Waals surface area contributed by atoms with E-state index >= 15 is 0 Å². The smallest absolute Gasteiger partial charge is 0.274 e. The van der Waals surface area contributed by atoms with E-state index < -0.39 is 20.9 Å². The molecule has 1 heterocycles. The van der Waals surface area contributed by atoms with Crippen LogP contribution in [0.5, 0.6) is 0 Å². The van der Waals surface area contributed by atoms with Crippen molar-refractivity contribution < 1.29 is 18.1 Å². The summed E-state index contributed by atoms with van der Waals surface area (Å²) in [6.45, 7) is 3.53. The van der Waals surface area contributed by atoms with Crippen molar-refractivity contribution in [1.29, 1.82) is 0 Å². The number of nitrogens with zero attached hydrogens (tertiary/aromatic N) is 2. The Morgan fingerprint density at radius 2 is 2.04 bits per heavy atom. The first kappa shape index (κ1) is 18.8. The molecular weight excluding hydrogens is 370 g/mol. The van der Waals surface area contributed by atoms with Gasteiger partial charge in [-0.25, -0.2) is 8.42 Å². The number of hydrogen-bond donors (Lipinski definition) is 1. The highest BCUT2D eigenvalue weighted by molar-refractivity contribution is 7.92. The van der Waals surface area contributed by atoms with Gasteiger partial charge in [0.05, 0.1) is 27.6 Å². The molecule has 3 rings (SSSR count). The number of carbonyl (C=O) groups excluding carboxylic acids is 1. The summed E-state index contributed by atoms with van der Waals surface area (Å²) >= 11 is 0. The molecule has 8 nitrogen and oxygen atoms in total. The van der Waals surface area contributed by atoms with Crippen molar-refractivity contribution in [3.63, 3.8) is 0 Å². The fourth-order valence-electron chi connectivity index (χ4n) is 3.11. The maximum absolute atomic E-state index is 12.6. The van der Waals surface area contributed by atoms with Crippen molar-refractivity contribution in [3.05, 3.63) is 63.2 Å². The van der Waals surface area contributed by atoms with Gasteiger partial charge in [0.15, 0.2) is 0 Å². The number of nitro groups is 1. The lowest BCUT2D eigenvalue weighted by Gasteiger charge is -2.18. The van der Waals surface area contributed by atoms with Crippen LogP contribution >= 0.6 is 0 Å². The molecule has 0 radical (unpaired) electrons. The SMILES string of the molecule is CCS(=O)(=O)N1CCc2cc(C(=O)Nc3cccc([N+](=O)[O-])c3C)ccc21. The third-order valence-electron chi connectivity index (χ3n) is 4.65. The van der Waals surface area contributed by atoms with Gasteiger partial charge < -0.3 is 5.32 Å². The van der Waals surface area contributed by atoms with E-state index in [4.69, 9.17) is 0 Å². The van der Waals surface area contributed by atoms with Crippen molar-refractivity contribution in [2.24, 2.45) is 0 Å². The monoisotopic (exact) mass is 389 g/mol.